The fourth-order valence-electron chi connectivity index (χ4n) is 1.33. The largest absolute Gasteiger partial charge is 0.454 e. The van der Waals surface area contributed by atoms with Crippen LogP contribution in [0.4, 0.5) is 0 Å². The van der Waals surface area contributed by atoms with Crippen LogP contribution >= 0.6 is 15.9 Å². The number of hydrogen-bond donors (Lipinski definition) is 0. The lowest BCUT2D eigenvalue weighted by molar-refractivity contribution is 0.174. The van der Waals surface area contributed by atoms with Gasteiger partial charge in [0.1, 0.15) is 0 Å². The quantitative estimate of drug-likeness (QED) is 0.773. The van der Waals surface area contributed by atoms with Crippen LogP contribution in [-0.4, -0.2) is 6.79 Å². The Balaban J connectivity index is 2.48. The van der Waals surface area contributed by atoms with Gasteiger partial charge < -0.3 is 9.47 Å². The second kappa shape index (κ2) is 3.50. The lowest BCUT2D eigenvalue weighted by atomic mass is 10.0. The van der Waals surface area contributed by atoms with Gasteiger partial charge in [-0.05, 0) is 24.6 Å². The van der Waals surface area contributed by atoms with Crippen LogP contribution in [0.15, 0.2) is 16.6 Å². The molecule has 4 heteroatoms. The minimum Gasteiger partial charge on any atom is -0.454 e. The Hall–Kier alpha value is -1.21. The molecule has 72 valence electrons. The first-order chi connectivity index (χ1) is 6.72. The molecular weight excluding hydrogens is 246 g/mol. The molecule has 1 aromatic rings. The van der Waals surface area contributed by atoms with Crippen molar-refractivity contribution in [2.24, 2.45) is 0 Å². The third kappa shape index (κ3) is 1.44. The second-order valence-corrected chi connectivity index (χ2v) is 3.93. The van der Waals surface area contributed by atoms with E-state index in [9.17, 15) is 0 Å². The highest BCUT2D eigenvalue weighted by atomic mass is 79.9. The molecular formula is C10H8BrNO2. The van der Waals surface area contributed by atoms with Crippen LogP contribution in [0.1, 0.15) is 18.4 Å². The summed E-state index contributed by atoms with van der Waals surface area (Å²) in [4.78, 5) is 0. The minimum absolute atomic E-state index is 0.154. The monoisotopic (exact) mass is 253 g/mol. The molecule has 0 bridgehead atoms. The van der Waals surface area contributed by atoms with Gasteiger partial charge in [0.2, 0.25) is 6.79 Å². The molecule has 1 aliphatic heterocycles. The number of hydrogen-bond acceptors (Lipinski definition) is 3. The molecule has 0 amide bonds. The molecule has 14 heavy (non-hydrogen) atoms. The fourth-order valence-corrected chi connectivity index (χ4v) is 2.00. The molecule has 1 aliphatic rings. The molecule has 0 N–H and O–H groups in total. The molecule has 0 saturated carbocycles. The van der Waals surface area contributed by atoms with Crippen molar-refractivity contribution in [2.75, 3.05) is 6.79 Å². The van der Waals surface area contributed by atoms with Gasteiger partial charge in [-0.2, -0.15) is 5.26 Å². The van der Waals surface area contributed by atoms with Crippen LogP contribution in [0.3, 0.4) is 0 Å². The summed E-state index contributed by atoms with van der Waals surface area (Å²) in [7, 11) is 0. The van der Waals surface area contributed by atoms with E-state index in [1.165, 1.54) is 0 Å². The summed E-state index contributed by atoms with van der Waals surface area (Å²) < 4.78 is 11.3. The molecule has 3 nitrogen and oxygen atoms in total. The molecule has 1 aromatic carbocycles. The molecule has 0 saturated heterocycles. The first-order valence-electron chi connectivity index (χ1n) is 4.21. The van der Waals surface area contributed by atoms with E-state index in [-0.39, 0.29) is 12.7 Å². The van der Waals surface area contributed by atoms with Crippen LogP contribution in [0, 0.1) is 11.3 Å². The van der Waals surface area contributed by atoms with Crippen molar-refractivity contribution in [1.29, 1.82) is 5.26 Å². The molecule has 0 spiro atoms. The molecule has 0 radical (unpaired) electrons. The molecule has 2 rings (SSSR count). The van der Waals surface area contributed by atoms with Crippen LogP contribution in [0.2, 0.25) is 0 Å². The lowest BCUT2D eigenvalue weighted by Crippen LogP contribution is -1.93. The number of nitriles is 1. The van der Waals surface area contributed by atoms with Crippen molar-refractivity contribution >= 4 is 15.9 Å². The average molecular weight is 254 g/mol. The summed E-state index contributed by atoms with van der Waals surface area (Å²) in [6, 6.07) is 5.87. The Morgan fingerprint density at radius 3 is 2.71 bits per heavy atom. The summed E-state index contributed by atoms with van der Waals surface area (Å²) in [5.74, 6) is 1.29. The van der Waals surface area contributed by atoms with Crippen molar-refractivity contribution in [1.82, 2.24) is 0 Å². The van der Waals surface area contributed by atoms with Crippen molar-refractivity contribution in [3.8, 4) is 17.6 Å². The number of halogens is 1. The number of nitrogens with zero attached hydrogens (tertiary/aromatic N) is 1. The summed E-state index contributed by atoms with van der Waals surface area (Å²) in [6.07, 6.45) is 0. The predicted octanol–water partition coefficient (Wildman–Crippen LogP) is 2.80. The lowest BCUT2D eigenvalue weighted by Gasteiger charge is -2.07. The van der Waals surface area contributed by atoms with Crippen molar-refractivity contribution in [3.63, 3.8) is 0 Å². The standard InChI is InChI=1S/C10H8BrNO2/c1-6(4-12)7-2-9-10(3-8(7)11)14-5-13-9/h2-3,6H,5H2,1H3. The van der Waals surface area contributed by atoms with E-state index in [0.717, 1.165) is 15.8 Å². The van der Waals surface area contributed by atoms with E-state index in [2.05, 4.69) is 22.0 Å². The number of fused-ring (bicyclic) bond motifs is 1. The maximum absolute atomic E-state index is 8.82. The van der Waals surface area contributed by atoms with Gasteiger partial charge in [-0.15, -0.1) is 0 Å². The molecule has 0 fully saturated rings. The van der Waals surface area contributed by atoms with Crippen LogP contribution in [0.25, 0.3) is 0 Å². The van der Waals surface area contributed by atoms with Crippen LogP contribution in [0.5, 0.6) is 11.5 Å². The number of ether oxygens (including phenoxy) is 2. The normalized spacial score (nSPS) is 14.9. The summed E-state index contributed by atoms with van der Waals surface area (Å²) in [6.45, 7) is 2.11. The van der Waals surface area contributed by atoms with E-state index in [1.807, 2.05) is 19.1 Å². The van der Waals surface area contributed by atoms with Crippen molar-refractivity contribution in [3.05, 3.63) is 22.2 Å². The van der Waals surface area contributed by atoms with Gasteiger partial charge >= 0.3 is 0 Å². The first-order valence-corrected chi connectivity index (χ1v) is 5.00. The number of rotatable bonds is 1. The van der Waals surface area contributed by atoms with E-state index in [1.54, 1.807) is 0 Å². The van der Waals surface area contributed by atoms with Crippen molar-refractivity contribution < 1.29 is 9.47 Å². The van der Waals surface area contributed by atoms with Crippen molar-refractivity contribution in [2.45, 2.75) is 12.8 Å². The van der Waals surface area contributed by atoms with Gasteiger partial charge in [0.15, 0.2) is 11.5 Å². The van der Waals surface area contributed by atoms with Gasteiger partial charge in [-0.3, -0.25) is 0 Å². The van der Waals surface area contributed by atoms with E-state index in [0.29, 0.717) is 5.75 Å². The van der Waals surface area contributed by atoms with Gasteiger partial charge in [0, 0.05) is 4.47 Å². The van der Waals surface area contributed by atoms with Crippen LogP contribution < -0.4 is 9.47 Å². The SMILES string of the molecule is CC(C#N)c1cc2c(cc1Br)OCO2. The highest BCUT2D eigenvalue weighted by Crippen LogP contribution is 2.39. The van der Waals surface area contributed by atoms with E-state index < -0.39 is 0 Å². The molecule has 0 aromatic heterocycles. The molecule has 1 heterocycles. The van der Waals surface area contributed by atoms with Gasteiger partial charge in [-0.1, -0.05) is 15.9 Å². The average Bonchev–Trinajstić information content (AvgIpc) is 2.62. The molecule has 1 unspecified atom stereocenters. The fraction of sp³-hybridized carbons (Fsp3) is 0.300. The zero-order valence-electron chi connectivity index (χ0n) is 7.58. The third-order valence-electron chi connectivity index (χ3n) is 2.15. The Morgan fingerprint density at radius 1 is 1.43 bits per heavy atom. The highest BCUT2D eigenvalue weighted by molar-refractivity contribution is 9.10. The second-order valence-electron chi connectivity index (χ2n) is 3.08. The Bertz CT molecular complexity index is 411. The Kier molecular flexibility index (Phi) is 2.34. The highest BCUT2D eigenvalue weighted by Gasteiger charge is 2.18. The van der Waals surface area contributed by atoms with Gasteiger partial charge in [0.05, 0.1) is 12.0 Å². The minimum atomic E-state index is -0.154. The predicted molar refractivity (Wildman–Crippen MR) is 54.3 cm³/mol. The zero-order valence-corrected chi connectivity index (χ0v) is 9.17. The summed E-state index contributed by atoms with van der Waals surface area (Å²) >= 11 is 3.40. The van der Waals surface area contributed by atoms with Gasteiger partial charge in [-0.25, -0.2) is 0 Å². The molecule has 1 atom stereocenters. The Labute approximate surface area is 90.4 Å². The summed E-state index contributed by atoms with van der Waals surface area (Å²) in [5.41, 5.74) is 0.928. The summed E-state index contributed by atoms with van der Waals surface area (Å²) in [5, 5.41) is 8.82. The smallest absolute Gasteiger partial charge is 0.231 e. The maximum Gasteiger partial charge on any atom is 0.231 e. The topological polar surface area (TPSA) is 42.2 Å². The number of benzene rings is 1. The third-order valence-corrected chi connectivity index (χ3v) is 2.84. The van der Waals surface area contributed by atoms with Crippen LogP contribution in [-0.2, 0) is 0 Å². The first kappa shape index (κ1) is 9.35. The molecule has 0 aliphatic carbocycles. The van der Waals surface area contributed by atoms with E-state index in [4.69, 9.17) is 14.7 Å². The zero-order chi connectivity index (χ0) is 10.1. The van der Waals surface area contributed by atoms with E-state index >= 15 is 0 Å². The maximum atomic E-state index is 8.82. The Morgan fingerprint density at radius 2 is 2.07 bits per heavy atom. The van der Waals surface area contributed by atoms with Gasteiger partial charge in [0.25, 0.3) is 0 Å².